The number of rotatable bonds is 3. The molecule has 1 aromatic carbocycles. The second-order valence-corrected chi connectivity index (χ2v) is 4.82. The molecular formula is C15H13N3O3. The van der Waals surface area contributed by atoms with Crippen molar-refractivity contribution in [3.8, 4) is 0 Å². The van der Waals surface area contributed by atoms with Crippen LogP contribution in [0, 0.1) is 0 Å². The van der Waals surface area contributed by atoms with E-state index in [4.69, 9.17) is 5.11 Å². The minimum Gasteiger partial charge on any atom is -0.480 e. The van der Waals surface area contributed by atoms with Gasteiger partial charge < -0.3 is 15.4 Å². The van der Waals surface area contributed by atoms with Crippen molar-refractivity contribution in [1.29, 1.82) is 0 Å². The third kappa shape index (κ3) is 2.31. The Morgan fingerprint density at radius 2 is 2.10 bits per heavy atom. The highest BCUT2D eigenvalue weighted by Crippen LogP contribution is 2.23. The molecule has 0 saturated heterocycles. The second-order valence-electron chi connectivity index (χ2n) is 4.82. The van der Waals surface area contributed by atoms with E-state index in [1.807, 2.05) is 6.07 Å². The second kappa shape index (κ2) is 4.90. The van der Waals surface area contributed by atoms with Crippen LogP contribution in [0.5, 0.6) is 0 Å². The zero-order chi connectivity index (χ0) is 15.0. The summed E-state index contributed by atoms with van der Waals surface area (Å²) < 4.78 is 0. The maximum atomic E-state index is 12.0. The Balaban J connectivity index is 2.22. The molecule has 0 fully saturated rings. The van der Waals surface area contributed by atoms with E-state index in [9.17, 15) is 9.59 Å². The Morgan fingerprint density at radius 1 is 1.29 bits per heavy atom. The first-order valence-corrected chi connectivity index (χ1v) is 6.46. The van der Waals surface area contributed by atoms with Gasteiger partial charge in [0.25, 0.3) is 5.56 Å². The largest absolute Gasteiger partial charge is 0.480 e. The first kappa shape index (κ1) is 13.1. The number of aromatic nitrogens is 2. The maximum Gasteiger partial charge on any atom is 0.325 e. The highest BCUT2D eigenvalue weighted by Gasteiger charge is 2.11. The number of hydrogen-bond acceptors (Lipinski definition) is 4. The fourth-order valence-corrected chi connectivity index (χ4v) is 2.26. The van der Waals surface area contributed by atoms with Crippen LogP contribution in [0.2, 0.25) is 0 Å². The first-order chi connectivity index (χ1) is 10.1. The van der Waals surface area contributed by atoms with Gasteiger partial charge in [-0.05, 0) is 37.3 Å². The summed E-state index contributed by atoms with van der Waals surface area (Å²) in [7, 11) is 0. The lowest BCUT2D eigenvalue weighted by Crippen LogP contribution is -2.25. The molecule has 3 aromatic rings. The Kier molecular flexibility index (Phi) is 3.06. The number of anilines is 1. The molecule has 1 unspecified atom stereocenters. The van der Waals surface area contributed by atoms with Crippen LogP contribution in [0.4, 0.5) is 5.69 Å². The van der Waals surface area contributed by atoms with Crippen molar-refractivity contribution in [3.63, 3.8) is 0 Å². The van der Waals surface area contributed by atoms with Crippen LogP contribution < -0.4 is 10.9 Å². The van der Waals surface area contributed by atoms with Crippen LogP contribution in [-0.2, 0) is 4.79 Å². The molecule has 6 nitrogen and oxygen atoms in total. The SMILES string of the molecule is CC(Nc1ccc2c(=O)[nH]c3ncccc3c2c1)C(=O)O. The third-order valence-electron chi connectivity index (χ3n) is 3.35. The van der Waals surface area contributed by atoms with Gasteiger partial charge in [-0.3, -0.25) is 9.59 Å². The summed E-state index contributed by atoms with van der Waals surface area (Å²) in [5, 5.41) is 13.9. The normalized spacial score (nSPS) is 12.4. The summed E-state index contributed by atoms with van der Waals surface area (Å²) in [6.07, 6.45) is 1.61. The predicted molar refractivity (Wildman–Crippen MR) is 80.6 cm³/mol. The average molecular weight is 283 g/mol. The van der Waals surface area contributed by atoms with E-state index in [2.05, 4.69) is 15.3 Å². The van der Waals surface area contributed by atoms with E-state index >= 15 is 0 Å². The summed E-state index contributed by atoms with van der Waals surface area (Å²) in [6, 6.07) is 8.09. The smallest absolute Gasteiger partial charge is 0.325 e. The third-order valence-corrected chi connectivity index (χ3v) is 3.35. The molecule has 0 radical (unpaired) electrons. The number of carboxylic acids is 1. The van der Waals surface area contributed by atoms with Crippen molar-refractivity contribution < 1.29 is 9.90 Å². The van der Waals surface area contributed by atoms with Crippen LogP contribution in [0.15, 0.2) is 41.3 Å². The van der Waals surface area contributed by atoms with Gasteiger partial charge in [0, 0.05) is 28.0 Å². The van der Waals surface area contributed by atoms with Crippen molar-refractivity contribution in [3.05, 3.63) is 46.9 Å². The predicted octanol–water partition coefficient (Wildman–Crippen LogP) is 1.96. The number of carboxylic acid groups (broad SMARTS) is 1. The molecule has 2 heterocycles. The van der Waals surface area contributed by atoms with Gasteiger partial charge in [-0.2, -0.15) is 0 Å². The number of benzene rings is 1. The molecule has 0 bridgehead atoms. The summed E-state index contributed by atoms with van der Waals surface area (Å²) >= 11 is 0. The Hall–Kier alpha value is -2.89. The molecule has 0 aliphatic rings. The van der Waals surface area contributed by atoms with Gasteiger partial charge in [-0.1, -0.05) is 0 Å². The molecule has 106 valence electrons. The summed E-state index contributed by atoms with van der Waals surface area (Å²) in [5.74, 6) is -0.937. The van der Waals surface area contributed by atoms with E-state index in [0.29, 0.717) is 16.7 Å². The van der Waals surface area contributed by atoms with Gasteiger partial charge in [0.15, 0.2) is 0 Å². The van der Waals surface area contributed by atoms with Crippen LogP contribution in [0.25, 0.3) is 21.8 Å². The molecular weight excluding hydrogens is 270 g/mol. The summed E-state index contributed by atoms with van der Waals surface area (Å²) in [5.41, 5.74) is 0.945. The standard InChI is InChI=1S/C15H13N3O3/c1-8(15(20)21)17-9-4-5-11-12(7-9)10-3-2-6-16-13(10)18-14(11)19/h2-8,17H,1H3,(H,20,21)(H,16,18,19). The molecule has 3 N–H and O–H groups in total. The lowest BCUT2D eigenvalue weighted by molar-refractivity contribution is -0.137. The summed E-state index contributed by atoms with van der Waals surface area (Å²) in [4.78, 5) is 29.8. The first-order valence-electron chi connectivity index (χ1n) is 6.46. The maximum absolute atomic E-state index is 12.0. The quantitative estimate of drug-likeness (QED) is 0.639. The average Bonchev–Trinajstić information content (AvgIpc) is 2.47. The van der Waals surface area contributed by atoms with E-state index in [0.717, 1.165) is 10.8 Å². The molecule has 3 rings (SSSR count). The number of fused-ring (bicyclic) bond motifs is 3. The summed E-state index contributed by atoms with van der Waals surface area (Å²) in [6.45, 7) is 1.56. The number of carbonyl (C=O) groups is 1. The molecule has 1 atom stereocenters. The van der Waals surface area contributed by atoms with Crippen molar-refractivity contribution in [2.24, 2.45) is 0 Å². The van der Waals surface area contributed by atoms with Gasteiger partial charge in [-0.25, -0.2) is 4.98 Å². The minimum absolute atomic E-state index is 0.214. The van der Waals surface area contributed by atoms with Gasteiger partial charge in [-0.15, -0.1) is 0 Å². The Morgan fingerprint density at radius 3 is 2.86 bits per heavy atom. The molecule has 0 aliphatic heterocycles. The van der Waals surface area contributed by atoms with Crippen molar-refractivity contribution in [2.45, 2.75) is 13.0 Å². The number of nitrogens with one attached hydrogen (secondary N) is 2. The number of H-pyrrole nitrogens is 1. The zero-order valence-electron chi connectivity index (χ0n) is 11.3. The molecule has 2 aromatic heterocycles. The number of aliphatic carboxylic acids is 1. The van der Waals surface area contributed by atoms with Crippen molar-refractivity contribution >= 4 is 33.5 Å². The minimum atomic E-state index is -0.937. The van der Waals surface area contributed by atoms with E-state index in [-0.39, 0.29) is 5.56 Å². The Bertz CT molecular complexity index is 901. The molecule has 0 amide bonds. The fraction of sp³-hybridized carbons (Fsp3) is 0.133. The highest BCUT2D eigenvalue weighted by atomic mass is 16.4. The Labute approximate surface area is 119 Å². The van der Waals surface area contributed by atoms with Crippen molar-refractivity contribution in [2.75, 3.05) is 5.32 Å². The molecule has 0 saturated carbocycles. The van der Waals surface area contributed by atoms with Gasteiger partial charge in [0.1, 0.15) is 11.7 Å². The molecule has 0 spiro atoms. The number of aromatic amines is 1. The van der Waals surface area contributed by atoms with Crippen LogP contribution in [-0.4, -0.2) is 27.1 Å². The van der Waals surface area contributed by atoms with Crippen LogP contribution >= 0.6 is 0 Å². The van der Waals surface area contributed by atoms with Gasteiger partial charge in [0.05, 0.1) is 0 Å². The van der Waals surface area contributed by atoms with Crippen LogP contribution in [0.3, 0.4) is 0 Å². The van der Waals surface area contributed by atoms with Gasteiger partial charge >= 0.3 is 5.97 Å². The zero-order valence-corrected chi connectivity index (χ0v) is 11.3. The van der Waals surface area contributed by atoms with Crippen LogP contribution in [0.1, 0.15) is 6.92 Å². The van der Waals surface area contributed by atoms with E-state index in [1.165, 1.54) is 0 Å². The number of nitrogens with zero attached hydrogens (tertiary/aromatic N) is 1. The molecule has 0 aliphatic carbocycles. The van der Waals surface area contributed by atoms with E-state index in [1.54, 1.807) is 37.4 Å². The lowest BCUT2D eigenvalue weighted by atomic mass is 10.1. The van der Waals surface area contributed by atoms with E-state index < -0.39 is 12.0 Å². The monoisotopic (exact) mass is 283 g/mol. The number of hydrogen-bond donors (Lipinski definition) is 3. The lowest BCUT2D eigenvalue weighted by Gasteiger charge is -2.12. The van der Waals surface area contributed by atoms with Gasteiger partial charge in [0.2, 0.25) is 0 Å². The number of pyridine rings is 2. The highest BCUT2D eigenvalue weighted by molar-refractivity contribution is 6.05. The fourth-order valence-electron chi connectivity index (χ4n) is 2.26. The molecule has 6 heteroatoms. The molecule has 21 heavy (non-hydrogen) atoms. The topological polar surface area (TPSA) is 95.1 Å². The van der Waals surface area contributed by atoms with Crippen molar-refractivity contribution in [1.82, 2.24) is 9.97 Å².